The average Bonchev–Trinajstić information content (AvgIpc) is 2.35. The number of methoxy groups -OCH3 is 1. The van der Waals surface area contributed by atoms with Gasteiger partial charge in [-0.1, -0.05) is 13.8 Å². The van der Waals surface area contributed by atoms with Crippen molar-refractivity contribution in [2.24, 2.45) is 5.92 Å². The Kier molecular flexibility index (Phi) is 5.89. The molecule has 0 atom stereocenters. The Morgan fingerprint density at radius 3 is 2.33 bits per heavy atom. The van der Waals surface area contributed by atoms with Crippen LogP contribution in [0, 0.1) is 5.92 Å². The molecule has 0 aliphatic carbocycles. The predicted octanol–water partition coefficient (Wildman–Crippen LogP) is 2.41. The van der Waals surface area contributed by atoms with Crippen LogP contribution in [0.15, 0.2) is 23.1 Å². The minimum atomic E-state index is -3.95. The molecule has 1 rings (SSSR count). The van der Waals surface area contributed by atoms with Crippen LogP contribution in [0.1, 0.15) is 20.3 Å². The van der Waals surface area contributed by atoms with Gasteiger partial charge in [-0.2, -0.15) is 0 Å². The molecule has 0 heterocycles. The van der Waals surface area contributed by atoms with E-state index in [1.165, 1.54) is 19.2 Å². The molecule has 1 aromatic carbocycles. The van der Waals surface area contributed by atoms with Gasteiger partial charge in [0.25, 0.3) is 9.05 Å². The van der Waals surface area contributed by atoms with Crippen molar-refractivity contribution in [3.8, 4) is 5.75 Å². The van der Waals surface area contributed by atoms with E-state index in [1.807, 2.05) is 13.8 Å². The summed E-state index contributed by atoms with van der Waals surface area (Å²) in [7, 11) is -0.931. The van der Waals surface area contributed by atoms with Gasteiger partial charge in [0, 0.05) is 10.7 Å². The van der Waals surface area contributed by atoms with Crippen LogP contribution in [-0.4, -0.2) is 29.7 Å². The molecule has 0 radical (unpaired) electrons. The Labute approximate surface area is 129 Å². The van der Waals surface area contributed by atoms with Gasteiger partial charge in [0.2, 0.25) is 10.0 Å². The Hall–Kier alpha value is -0.990. The summed E-state index contributed by atoms with van der Waals surface area (Å²) in [5, 5.41) is 0. The van der Waals surface area contributed by atoms with Crippen LogP contribution in [0.5, 0.6) is 5.75 Å². The molecule has 0 spiro atoms. The lowest BCUT2D eigenvalue weighted by molar-refractivity contribution is 0.416. The van der Waals surface area contributed by atoms with Crippen molar-refractivity contribution in [3.05, 3.63) is 18.2 Å². The molecule has 0 amide bonds. The van der Waals surface area contributed by atoms with Gasteiger partial charge in [-0.25, -0.2) is 16.8 Å². The monoisotopic (exact) mass is 355 g/mol. The number of sulfonamides is 1. The topological polar surface area (TPSA) is 89.5 Å². The van der Waals surface area contributed by atoms with Gasteiger partial charge in [0.1, 0.15) is 5.75 Å². The summed E-state index contributed by atoms with van der Waals surface area (Å²) in [6.07, 6.45) is 0.491. The van der Waals surface area contributed by atoms with Crippen LogP contribution >= 0.6 is 10.7 Å². The second-order valence-electron chi connectivity index (χ2n) is 4.90. The molecule has 21 heavy (non-hydrogen) atoms. The molecule has 0 aliphatic heterocycles. The highest BCUT2D eigenvalue weighted by Crippen LogP contribution is 2.29. The van der Waals surface area contributed by atoms with Crippen molar-refractivity contribution in [2.45, 2.75) is 25.2 Å². The van der Waals surface area contributed by atoms with E-state index in [2.05, 4.69) is 4.72 Å². The second-order valence-corrected chi connectivity index (χ2v) is 9.31. The molecular formula is C12H18ClNO5S2. The lowest BCUT2D eigenvalue weighted by atomic mass is 10.2. The standard InChI is InChI=1S/C12H18ClNO5S2/c1-9(2)6-7-20(15,16)14-11-8-10(21(13,17)18)4-5-12(11)19-3/h4-5,8-9,14H,6-7H2,1-3H3. The fourth-order valence-electron chi connectivity index (χ4n) is 1.53. The van der Waals surface area contributed by atoms with E-state index in [9.17, 15) is 16.8 Å². The Balaban J connectivity index is 3.11. The molecule has 0 bridgehead atoms. The summed E-state index contributed by atoms with van der Waals surface area (Å²) in [6.45, 7) is 3.83. The molecule has 1 aromatic rings. The molecule has 9 heteroatoms. The Morgan fingerprint density at radius 2 is 1.86 bits per heavy atom. The zero-order chi connectivity index (χ0) is 16.3. The molecule has 0 saturated heterocycles. The van der Waals surface area contributed by atoms with Crippen LogP contribution in [0.25, 0.3) is 0 Å². The molecule has 120 valence electrons. The van der Waals surface area contributed by atoms with Crippen LogP contribution in [0.4, 0.5) is 5.69 Å². The first kappa shape index (κ1) is 18.1. The molecule has 0 saturated carbocycles. The van der Waals surface area contributed by atoms with E-state index in [0.29, 0.717) is 6.42 Å². The number of ether oxygens (including phenoxy) is 1. The second kappa shape index (κ2) is 6.85. The van der Waals surface area contributed by atoms with Crippen molar-refractivity contribution in [2.75, 3.05) is 17.6 Å². The summed E-state index contributed by atoms with van der Waals surface area (Å²) < 4.78 is 53.9. The highest BCUT2D eigenvalue weighted by molar-refractivity contribution is 8.13. The highest BCUT2D eigenvalue weighted by Gasteiger charge is 2.18. The van der Waals surface area contributed by atoms with Gasteiger partial charge in [-0.3, -0.25) is 4.72 Å². The van der Waals surface area contributed by atoms with E-state index < -0.39 is 19.1 Å². The van der Waals surface area contributed by atoms with E-state index >= 15 is 0 Å². The van der Waals surface area contributed by atoms with Gasteiger partial charge in [-0.05, 0) is 30.5 Å². The van der Waals surface area contributed by atoms with Gasteiger partial charge < -0.3 is 4.74 Å². The zero-order valence-electron chi connectivity index (χ0n) is 12.0. The number of halogens is 1. The number of hydrogen-bond donors (Lipinski definition) is 1. The summed E-state index contributed by atoms with van der Waals surface area (Å²) in [5.41, 5.74) is 0.0444. The fourth-order valence-corrected chi connectivity index (χ4v) is 3.68. The van der Waals surface area contributed by atoms with Gasteiger partial charge >= 0.3 is 0 Å². The third-order valence-corrected chi connectivity index (χ3v) is 5.34. The third-order valence-electron chi connectivity index (χ3n) is 2.68. The molecule has 0 unspecified atom stereocenters. The minimum absolute atomic E-state index is 0.0444. The SMILES string of the molecule is COc1ccc(S(=O)(=O)Cl)cc1NS(=O)(=O)CCC(C)C. The van der Waals surface area contributed by atoms with E-state index in [4.69, 9.17) is 15.4 Å². The lowest BCUT2D eigenvalue weighted by Gasteiger charge is -2.13. The van der Waals surface area contributed by atoms with Crippen LogP contribution in [0.2, 0.25) is 0 Å². The van der Waals surface area contributed by atoms with Crippen molar-refractivity contribution >= 4 is 35.4 Å². The Bertz CT molecular complexity index is 698. The van der Waals surface area contributed by atoms with Crippen LogP contribution in [-0.2, 0) is 19.1 Å². The normalized spacial score (nSPS) is 12.4. The quantitative estimate of drug-likeness (QED) is 0.758. The van der Waals surface area contributed by atoms with Crippen molar-refractivity contribution in [3.63, 3.8) is 0 Å². The van der Waals surface area contributed by atoms with Crippen molar-refractivity contribution < 1.29 is 21.6 Å². The molecule has 0 fully saturated rings. The summed E-state index contributed by atoms with van der Waals surface area (Å²) >= 11 is 0. The first-order valence-corrected chi connectivity index (χ1v) is 10.1. The molecule has 6 nitrogen and oxygen atoms in total. The maximum absolute atomic E-state index is 12.0. The third kappa shape index (κ3) is 5.72. The molecular weight excluding hydrogens is 338 g/mol. The largest absolute Gasteiger partial charge is 0.495 e. The van der Waals surface area contributed by atoms with Gasteiger partial charge in [0.05, 0.1) is 23.4 Å². The van der Waals surface area contributed by atoms with E-state index in [0.717, 1.165) is 6.07 Å². The van der Waals surface area contributed by atoms with E-state index in [1.54, 1.807) is 0 Å². The van der Waals surface area contributed by atoms with Gasteiger partial charge in [-0.15, -0.1) is 0 Å². The summed E-state index contributed by atoms with van der Waals surface area (Å²) in [5.74, 6) is 0.385. The summed E-state index contributed by atoms with van der Waals surface area (Å²) in [6, 6.07) is 3.72. The molecule has 0 aromatic heterocycles. The zero-order valence-corrected chi connectivity index (χ0v) is 14.3. The van der Waals surface area contributed by atoms with Crippen LogP contribution < -0.4 is 9.46 Å². The maximum atomic E-state index is 12.0. The smallest absolute Gasteiger partial charge is 0.261 e. The maximum Gasteiger partial charge on any atom is 0.261 e. The predicted molar refractivity (Wildman–Crippen MR) is 82.9 cm³/mol. The number of hydrogen-bond acceptors (Lipinski definition) is 5. The first-order chi connectivity index (χ1) is 9.55. The number of benzene rings is 1. The molecule has 1 N–H and O–H groups in total. The lowest BCUT2D eigenvalue weighted by Crippen LogP contribution is -2.18. The number of rotatable bonds is 7. The van der Waals surface area contributed by atoms with E-state index in [-0.39, 0.29) is 28.0 Å². The summed E-state index contributed by atoms with van der Waals surface area (Å²) in [4.78, 5) is -0.202. The first-order valence-electron chi connectivity index (χ1n) is 6.18. The van der Waals surface area contributed by atoms with Crippen molar-refractivity contribution in [1.82, 2.24) is 0 Å². The minimum Gasteiger partial charge on any atom is -0.495 e. The molecule has 0 aliphatic rings. The number of anilines is 1. The van der Waals surface area contributed by atoms with Crippen molar-refractivity contribution in [1.29, 1.82) is 0 Å². The highest BCUT2D eigenvalue weighted by atomic mass is 35.7. The number of nitrogens with one attached hydrogen (secondary N) is 1. The van der Waals surface area contributed by atoms with Crippen LogP contribution in [0.3, 0.4) is 0 Å². The fraction of sp³-hybridized carbons (Fsp3) is 0.500. The Morgan fingerprint density at radius 1 is 1.24 bits per heavy atom. The average molecular weight is 356 g/mol. The van der Waals surface area contributed by atoms with Gasteiger partial charge in [0.15, 0.2) is 0 Å².